The topological polar surface area (TPSA) is 111 Å². The number of carbonyl (C=O) groups excluding carboxylic acids is 1. The van der Waals surface area contributed by atoms with E-state index >= 15 is 0 Å². The van der Waals surface area contributed by atoms with Gasteiger partial charge in [-0.25, -0.2) is 5.84 Å². The molecule has 9 nitrogen and oxygen atoms in total. The summed E-state index contributed by atoms with van der Waals surface area (Å²) in [7, 11) is 3.26. The first-order chi connectivity index (χ1) is 11.2. The van der Waals surface area contributed by atoms with Crippen molar-refractivity contribution in [2.45, 2.75) is 0 Å². The van der Waals surface area contributed by atoms with Gasteiger partial charge >= 0.3 is 0 Å². The fourth-order valence-corrected chi connectivity index (χ4v) is 1.50. The van der Waals surface area contributed by atoms with Crippen LogP contribution in [-0.2, 0) is 33.2 Å². The maximum Gasteiger partial charge on any atom is 0.259 e. The molecule has 3 N–H and O–H groups in total. The van der Waals surface area contributed by atoms with Crippen LogP contribution >= 0.6 is 0 Å². The van der Waals surface area contributed by atoms with E-state index in [0.717, 1.165) is 0 Å². The van der Waals surface area contributed by atoms with E-state index in [2.05, 4.69) is 0 Å². The van der Waals surface area contributed by atoms with Crippen LogP contribution in [-0.4, -0.2) is 86.2 Å². The standard InChI is InChI=1S/C14H30N2O7/c1-18-3-5-20-9-13(10-21-6-4-19-2)11-22-7-8-23-12-14(17)16-15/h13H,3-12,15H2,1-2H3,(H,16,17). The minimum atomic E-state index is -0.374. The Morgan fingerprint density at radius 2 is 1.26 bits per heavy atom. The van der Waals surface area contributed by atoms with Crippen molar-refractivity contribution in [1.29, 1.82) is 0 Å². The third-order valence-electron chi connectivity index (χ3n) is 2.69. The van der Waals surface area contributed by atoms with Crippen molar-refractivity contribution in [2.75, 3.05) is 80.3 Å². The van der Waals surface area contributed by atoms with E-state index in [0.29, 0.717) is 59.5 Å². The summed E-state index contributed by atoms with van der Waals surface area (Å²) in [5.41, 5.74) is 1.98. The van der Waals surface area contributed by atoms with Gasteiger partial charge in [0.05, 0.1) is 59.5 Å². The molecule has 0 heterocycles. The van der Waals surface area contributed by atoms with Gasteiger partial charge in [0.25, 0.3) is 5.91 Å². The minimum absolute atomic E-state index is 0.0798. The first-order valence-corrected chi connectivity index (χ1v) is 7.52. The molecule has 0 aromatic carbocycles. The first-order valence-electron chi connectivity index (χ1n) is 7.52. The highest BCUT2D eigenvalue weighted by Crippen LogP contribution is 2.01. The summed E-state index contributed by atoms with van der Waals surface area (Å²) in [6.45, 7) is 4.30. The number of ether oxygens (including phenoxy) is 6. The number of methoxy groups -OCH3 is 2. The lowest BCUT2D eigenvalue weighted by Gasteiger charge is -2.17. The molecule has 0 radical (unpaired) electrons. The molecule has 0 spiro atoms. The van der Waals surface area contributed by atoms with Crippen LogP contribution in [0.5, 0.6) is 0 Å². The van der Waals surface area contributed by atoms with Crippen molar-refractivity contribution in [3.8, 4) is 0 Å². The van der Waals surface area contributed by atoms with E-state index in [1.54, 1.807) is 14.2 Å². The molecule has 0 aromatic heterocycles. The van der Waals surface area contributed by atoms with Crippen LogP contribution in [0.1, 0.15) is 0 Å². The monoisotopic (exact) mass is 338 g/mol. The average molecular weight is 338 g/mol. The Morgan fingerprint density at radius 3 is 1.70 bits per heavy atom. The van der Waals surface area contributed by atoms with Gasteiger partial charge < -0.3 is 28.4 Å². The van der Waals surface area contributed by atoms with Crippen molar-refractivity contribution in [3.63, 3.8) is 0 Å². The molecule has 0 aliphatic rings. The van der Waals surface area contributed by atoms with Crippen LogP contribution in [0.3, 0.4) is 0 Å². The third-order valence-corrected chi connectivity index (χ3v) is 2.69. The van der Waals surface area contributed by atoms with Gasteiger partial charge in [-0.3, -0.25) is 10.2 Å². The van der Waals surface area contributed by atoms with Gasteiger partial charge in [0.2, 0.25) is 0 Å². The number of nitrogens with one attached hydrogen (secondary N) is 1. The maximum atomic E-state index is 10.8. The van der Waals surface area contributed by atoms with Gasteiger partial charge in [-0.05, 0) is 0 Å². The van der Waals surface area contributed by atoms with E-state index in [9.17, 15) is 4.79 Å². The zero-order chi connectivity index (χ0) is 17.2. The van der Waals surface area contributed by atoms with Crippen LogP contribution in [0.25, 0.3) is 0 Å². The van der Waals surface area contributed by atoms with Crippen molar-refractivity contribution in [1.82, 2.24) is 5.43 Å². The quantitative estimate of drug-likeness (QED) is 0.150. The smallest absolute Gasteiger partial charge is 0.259 e. The Labute approximate surface area is 137 Å². The Bertz CT molecular complexity index is 258. The zero-order valence-electron chi connectivity index (χ0n) is 14.1. The highest BCUT2D eigenvalue weighted by Gasteiger charge is 2.10. The lowest BCUT2D eigenvalue weighted by molar-refractivity contribution is -0.126. The third kappa shape index (κ3) is 15.8. The van der Waals surface area contributed by atoms with Gasteiger partial charge in [0, 0.05) is 20.1 Å². The molecule has 0 saturated carbocycles. The van der Waals surface area contributed by atoms with Gasteiger partial charge in [-0.1, -0.05) is 0 Å². The van der Waals surface area contributed by atoms with Gasteiger partial charge in [-0.2, -0.15) is 0 Å². The van der Waals surface area contributed by atoms with E-state index in [1.165, 1.54) is 0 Å². The molecule has 0 fully saturated rings. The van der Waals surface area contributed by atoms with E-state index in [1.807, 2.05) is 5.43 Å². The number of hydrazine groups is 1. The van der Waals surface area contributed by atoms with Crippen LogP contribution in [0.4, 0.5) is 0 Å². The predicted molar refractivity (Wildman–Crippen MR) is 82.8 cm³/mol. The number of carbonyl (C=O) groups is 1. The molecule has 23 heavy (non-hydrogen) atoms. The minimum Gasteiger partial charge on any atom is -0.382 e. The number of nitrogens with two attached hydrogens (primary N) is 1. The van der Waals surface area contributed by atoms with Crippen molar-refractivity contribution >= 4 is 5.91 Å². The Hall–Kier alpha value is -0.810. The van der Waals surface area contributed by atoms with Crippen molar-refractivity contribution in [2.24, 2.45) is 11.8 Å². The molecule has 0 aliphatic heterocycles. The summed E-state index contributed by atoms with van der Waals surface area (Å²) in [6.07, 6.45) is 0. The summed E-state index contributed by atoms with van der Waals surface area (Å²) in [5.74, 6) is 4.67. The largest absolute Gasteiger partial charge is 0.382 e. The lowest BCUT2D eigenvalue weighted by Crippen LogP contribution is -2.33. The fraction of sp³-hybridized carbons (Fsp3) is 0.929. The van der Waals surface area contributed by atoms with E-state index in [-0.39, 0.29) is 18.4 Å². The summed E-state index contributed by atoms with van der Waals surface area (Å²) in [6, 6.07) is 0. The van der Waals surface area contributed by atoms with Crippen LogP contribution in [0.2, 0.25) is 0 Å². The maximum absolute atomic E-state index is 10.8. The summed E-state index contributed by atoms with van der Waals surface area (Å²) < 4.78 is 31.5. The second-order valence-electron chi connectivity index (χ2n) is 4.70. The van der Waals surface area contributed by atoms with Crippen LogP contribution < -0.4 is 11.3 Å². The van der Waals surface area contributed by atoms with Crippen LogP contribution in [0.15, 0.2) is 0 Å². The average Bonchev–Trinajstić information content (AvgIpc) is 2.57. The van der Waals surface area contributed by atoms with Crippen molar-refractivity contribution < 1.29 is 33.2 Å². The summed E-state index contributed by atoms with van der Waals surface area (Å²) >= 11 is 0. The molecule has 0 saturated heterocycles. The molecule has 1 amide bonds. The molecule has 0 atom stereocenters. The SMILES string of the molecule is COCCOCC(COCCOC)COCCOCC(=O)NN. The molecular formula is C14H30N2O7. The normalized spacial score (nSPS) is 11.1. The molecule has 0 aliphatic carbocycles. The van der Waals surface area contributed by atoms with Crippen LogP contribution in [0, 0.1) is 5.92 Å². The molecule has 138 valence electrons. The number of rotatable bonds is 17. The Balaban J connectivity index is 3.74. The van der Waals surface area contributed by atoms with Gasteiger partial charge in [-0.15, -0.1) is 0 Å². The predicted octanol–water partition coefficient (Wildman–Crippen LogP) is -1.05. The van der Waals surface area contributed by atoms with E-state index < -0.39 is 0 Å². The zero-order valence-corrected chi connectivity index (χ0v) is 14.1. The second-order valence-corrected chi connectivity index (χ2v) is 4.70. The van der Waals surface area contributed by atoms with Gasteiger partial charge in [0.15, 0.2) is 0 Å². The Morgan fingerprint density at radius 1 is 0.826 bits per heavy atom. The second kappa shape index (κ2) is 17.5. The molecule has 0 rings (SSSR count). The summed E-state index contributed by atoms with van der Waals surface area (Å²) in [4.78, 5) is 10.8. The first kappa shape index (κ1) is 22.2. The molecule has 9 heteroatoms. The number of hydrogen-bond donors (Lipinski definition) is 2. The molecule has 0 unspecified atom stereocenters. The molecule has 0 aromatic rings. The number of hydrogen-bond acceptors (Lipinski definition) is 8. The fourth-order valence-electron chi connectivity index (χ4n) is 1.50. The highest BCUT2D eigenvalue weighted by atomic mass is 16.5. The highest BCUT2D eigenvalue weighted by molar-refractivity contribution is 5.76. The molecular weight excluding hydrogens is 308 g/mol. The Kier molecular flexibility index (Phi) is 16.9. The van der Waals surface area contributed by atoms with Gasteiger partial charge in [0.1, 0.15) is 6.61 Å². The molecule has 0 bridgehead atoms. The van der Waals surface area contributed by atoms with Crippen molar-refractivity contribution in [3.05, 3.63) is 0 Å². The summed E-state index contributed by atoms with van der Waals surface area (Å²) in [5, 5.41) is 0. The van der Waals surface area contributed by atoms with E-state index in [4.69, 9.17) is 34.3 Å². The lowest BCUT2D eigenvalue weighted by atomic mass is 10.2. The number of amides is 1.